The van der Waals surface area contributed by atoms with Gasteiger partial charge in [0.2, 0.25) is 5.91 Å². The molecule has 0 fully saturated rings. The third-order valence-corrected chi connectivity index (χ3v) is 6.80. The molecule has 4 heteroatoms. The van der Waals surface area contributed by atoms with E-state index in [-0.39, 0.29) is 30.1 Å². The van der Waals surface area contributed by atoms with Gasteiger partial charge in [0.05, 0.1) is 6.04 Å². The van der Waals surface area contributed by atoms with Crippen LogP contribution in [0.1, 0.15) is 53.1 Å². The van der Waals surface area contributed by atoms with Gasteiger partial charge in [0.1, 0.15) is 5.82 Å². The summed E-state index contributed by atoms with van der Waals surface area (Å²) in [5.41, 5.74) is 6.09. The zero-order valence-electron chi connectivity index (χ0n) is 20.2. The smallest absolute Gasteiger partial charge is 0.221 e. The van der Waals surface area contributed by atoms with Crippen molar-refractivity contribution in [3.8, 4) is 0 Å². The second kappa shape index (κ2) is 10.6. The number of para-hydroxylation sites is 1. The molecule has 5 rings (SSSR count). The van der Waals surface area contributed by atoms with Crippen LogP contribution in [-0.2, 0) is 11.2 Å². The van der Waals surface area contributed by atoms with Crippen molar-refractivity contribution >= 4 is 16.8 Å². The first-order chi connectivity index (χ1) is 17.6. The Labute approximate surface area is 211 Å². The van der Waals surface area contributed by atoms with Crippen molar-refractivity contribution in [1.82, 2.24) is 10.3 Å². The number of hydrogen-bond acceptors (Lipinski definition) is 1. The summed E-state index contributed by atoms with van der Waals surface area (Å²) in [6, 6.07) is 32.4. The highest BCUT2D eigenvalue weighted by Gasteiger charge is 2.24. The number of aromatic nitrogens is 1. The zero-order valence-corrected chi connectivity index (χ0v) is 20.2. The summed E-state index contributed by atoms with van der Waals surface area (Å²) >= 11 is 0. The van der Waals surface area contributed by atoms with E-state index < -0.39 is 0 Å². The van der Waals surface area contributed by atoms with Crippen LogP contribution in [0.15, 0.2) is 109 Å². The van der Waals surface area contributed by atoms with Crippen LogP contribution in [0.2, 0.25) is 0 Å². The lowest BCUT2D eigenvalue weighted by Gasteiger charge is -2.23. The number of aromatic amines is 1. The average molecular weight is 477 g/mol. The molecule has 180 valence electrons. The van der Waals surface area contributed by atoms with Crippen molar-refractivity contribution in [2.45, 2.75) is 31.7 Å². The molecule has 0 saturated heterocycles. The molecule has 1 amide bonds. The highest BCUT2D eigenvalue weighted by atomic mass is 19.1. The Kier molecular flexibility index (Phi) is 6.94. The zero-order chi connectivity index (χ0) is 24.9. The fraction of sp³-hybridized carbons (Fsp3) is 0.156. The van der Waals surface area contributed by atoms with Crippen LogP contribution in [0.4, 0.5) is 4.39 Å². The third-order valence-electron chi connectivity index (χ3n) is 6.80. The summed E-state index contributed by atoms with van der Waals surface area (Å²) in [6.45, 7) is 2.13. The Balaban J connectivity index is 1.51. The predicted octanol–water partition coefficient (Wildman–Crippen LogP) is 7.30. The molecule has 0 aliphatic heterocycles. The predicted molar refractivity (Wildman–Crippen MR) is 143 cm³/mol. The molecule has 0 aliphatic rings. The summed E-state index contributed by atoms with van der Waals surface area (Å²) in [6.07, 6.45) is 3.07. The average Bonchev–Trinajstić information content (AvgIpc) is 3.35. The number of nitrogens with one attached hydrogen (secondary N) is 2. The fourth-order valence-electron chi connectivity index (χ4n) is 5.01. The van der Waals surface area contributed by atoms with Crippen molar-refractivity contribution in [3.63, 3.8) is 0 Å². The van der Waals surface area contributed by atoms with E-state index in [1.807, 2.05) is 79.0 Å². The van der Waals surface area contributed by atoms with E-state index in [0.717, 1.165) is 39.6 Å². The van der Waals surface area contributed by atoms with Crippen molar-refractivity contribution in [3.05, 3.63) is 143 Å². The second-order valence-electron chi connectivity index (χ2n) is 9.07. The number of H-pyrrole nitrogens is 1. The van der Waals surface area contributed by atoms with E-state index in [9.17, 15) is 9.18 Å². The van der Waals surface area contributed by atoms with Gasteiger partial charge in [0.25, 0.3) is 0 Å². The summed E-state index contributed by atoms with van der Waals surface area (Å²) in [7, 11) is 0. The van der Waals surface area contributed by atoms with Crippen LogP contribution in [0.25, 0.3) is 10.9 Å². The van der Waals surface area contributed by atoms with Crippen LogP contribution in [0.5, 0.6) is 0 Å². The van der Waals surface area contributed by atoms with E-state index in [4.69, 9.17) is 0 Å². The standard InChI is InChI=1S/C32H29FN2O/c1-2-22-15-10-18-27-29(21-34-32(22)27)28(25-16-9-17-26(33)19-25)20-30(36)35-31(23-11-5-3-6-12-23)24-13-7-4-8-14-24/h3-19,21,28,31,34H,2,20H2,1H3,(H,35,36)/t28-/m0/s1. The maximum absolute atomic E-state index is 14.3. The Morgan fingerprint density at radius 3 is 2.11 bits per heavy atom. The minimum atomic E-state index is -0.307. The number of halogens is 1. The molecule has 0 unspecified atom stereocenters. The second-order valence-corrected chi connectivity index (χ2v) is 9.07. The van der Waals surface area contributed by atoms with E-state index >= 15 is 0 Å². The minimum Gasteiger partial charge on any atom is -0.361 e. The van der Waals surface area contributed by atoms with E-state index in [1.54, 1.807) is 6.07 Å². The largest absolute Gasteiger partial charge is 0.361 e. The van der Waals surface area contributed by atoms with Crippen LogP contribution < -0.4 is 5.32 Å². The van der Waals surface area contributed by atoms with Gasteiger partial charge in [-0.15, -0.1) is 0 Å². The quantitative estimate of drug-likeness (QED) is 0.243. The molecular weight excluding hydrogens is 447 g/mol. The number of fused-ring (bicyclic) bond motifs is 1. The van der Waals surface area contributed by atoms with Crippen LogP contribution in [0, 0.1) is 5.82 Å². The summed E-state index contributed by atoms with van der Waals surface area (Å²) in [5.74, 6) is -0.699. The maximum Gasteiger partial charge on any atom is 0.221 e. The lowest BCUT2D eigenvalue weighted by atomic mass is 9.87. The Bertz CT molecular complexity index is 1420. The van der Waals surface area contributed by atoms with Crippen LogP contribution in [0.3, 0.4) is 0 Å². The molecule has 5 aromatic rings. The lowest BCUT2D eigenvalue weighted by molar-refractivity contribution is -0.121. The molecular formula is C32H29FN2O. The minimum absolute atomic E-state index is 0.0945. The van der Waals surface area contributed by atoms with Gasteiger partial charge in [-0.3, -0.25) is 4.79 Å². The number of aryl methyl sites for hydroxylation is 1. The van der Waals surface area contributed by atoms with Gasteiger partial charge >= 0.3 is 0 Å². The molecule has 1 heterocycles. The van der Waals surface area contributed by atoms with Crippen molar-refractivity contribution in [2.24, 2.45) is 0 Å². The van der Waals surface area contributed by atoms with Crippen molar-refractivity contribution in [1.29, 1.82) is 0 Å². The molecule has 2 N–H and O–H groups in total. The molecule has 0 aliphatic carbocycles. The van der Waals surface area contributed by atoms with E-state index in [0.29, 0.717) is 0 Å². The number of amides is 1. The molecule has 3 nitrogen and oxygen atoms in total. The first kappa shape index (κ1) is 23.6. The number of carbonyl (C=O) groups excluding carboxylic acids is 1. The van der Waals surface area contributed by atoms with E-state index in [2.05, 4.69) is 29.4 Å². The molecule has 36 heavy (non-hydrogen) atoms. The monoisotopic (exact) mass is 476 g/mol. The number of benzene rings is 4. The Morgan fingerprint density at radius 1 is 0.833 bits per heavy atom. The first-order valence-corrected chi connectivity index (χ1v) is 12.4. The molecule has 0 spiro atoms. The normalized spacial score (nSPS) is 12.1. The molecule has 1 aromatic heterocycles. The number of rotatable bonds is 8. The van der Waals surface area contributed by atoms with Crippen LogP contribution >= 0.6 is 0 Å². The van der Waals surface area contributed by atoms with Crippen LogP contribution in [-0.4, -0.2) is 10.9 Å². The molecule has 4 aromatic carbocycles. The van der Waals surface area contributed by atoms with E-state index in [1.165, 1.54) is 17.7 Å². The summed E-state index contributed by atoms with van der Waals surface area (Å²) in [5, 5.41) is 4.32. The molecule has 0 saturated carbocycles. The van der Waals surface area contributed by atoms with Gasteiger partial charge in [-0.1, -0.05) is 97.9 Å². The maximum atomic E-state index is 14.3. The summed E-state index contributed by atoms with van der Waals surface area (Å²) < 4.78 is 14.3. The fourth-order valence-corrected chi connectivity index (χ4v) is 5.01. The highest BCUT2D eigenvalue weighted by molar-refractivity contribution is 5.88. The number of carbonyl (C=O) groups is 1. The van der Waals surface area contributed by atoms with Gasteiger partial charge < -0.3 is 10.3 Å². The molecule has 0 bridgehead atoms. The Morgan fingerprint density at radius 2 is 1.47 bits per heavy atom. The highest BCUT2D eigenvalue weighted by Crippen LogP contribution is 2.35. The SMILES string of the molecule is CCc1cccc2c([C@@H](CC(=O)NC(c3ccccc3)c3ccccc3)c3cccc(F)c3)c[nH]c12. The lowest BCUT2D eigenvalue weighted by Crippen LogP contribution is -2.30. The summed E-state index contributed by atoms with van der Waals surface area (Å²) in [4.78, 5) is 17.0. The Hall–Kier alpha value is -4.18. The van der Waals surface area contributed by atoms with Gasteiger partial charge in [-0.05, 0) is 46.4 Å². The number of hydrogen-bond donors (Lipinski definition) is 2. The molecule has 1 atom stereocenters. The molecule has 0 radical (unpaired) electrons. The van der Waals surface area contributed by atoms with Gasteiger partial charge in [0.15, 0.2) is 0 Å². The topological polar surface area (TPSA) is 44.9 Å². The van der Waals surface area contributed by atoms with Gasteiger partial charge in [-0.25, -0.2) is 4.39 Å². The van der Waals surface area contributed by atoms with Gasteiger partial charge in [-0.2, -0.15) is 0 Å². The van der Waals surface area contributed by atoms with Crippen molar-refractivity contribution in [2.75, 3.05) is 0 Å². The van der Waals surface area contributed by atoms with Gasteiger partial charge in [0, 0.05) is 29.4 Å². The first-order valence-electron chi connectivity index (χ1n) is 12.4. The van der Waals surface area contributed by atoms with Crippen molar-refractivity contribution < 1.29 is 9.18 Å². The third kappa shape index (κ3) is 4.94.